The largest absolute Gasteiger partial charge is 0.468 e. The van der Waals surface area contributed by atoms with Crippen LogP contribution in [0.5, 0.6) is 0 Å². The van der Waals surface area contributed by atoms with Gasteiger partial charge in [0.15, 0.2) is 0 Å². The lowest BCUT2D eigenvalue weighted by atomic mass is 10.1. The molecule has 8 heteroatoms. The van der Waals surface area contributed by atoms with Crippen molar-refractivity contribution in [3.05, 3.63) is 39.7 Å². The van der Waals surface area contributed by atoms with E-state index in [2.05, 4.69) is 4.74 Å². The molecule has 0 unspecified atom stereocenters. The molecular weight excluding hydrogens is 271 g/mol. The molecule has 0 heterocycles. The van der Waals surface area contributed by atoms with Gasteiger partial charge in [-0.25, -0.2) is 4.39 Å². The predicted molar refractivity (Wildman–Crippen MR) is 66.6 cm³/mol. The second-order valence-electron chi connectivity index (χ2n) is 3.81. The Balaban J connectivity index is 3.14. The lowest BCUT2D eigenvalue weighted by Gasteiger charge is -2.19. The fourth-order valence-corrected chi connectivity index (χ4v) is 1.56. The highest BCUT2D eigenvalue weighted by Gasteiger charge is 2.26. The molecule has 0 N–H and O–H groups in total. The summed E-state index contributed by atoms with van der Waals surface area (Å²) in [5.41, 5.74) is -0.916. The highest BCUT2D eigenvalue weighted by Crippen LogP contribution is 2.21. The minimum Gasteiger partial charge on any atom is -0.468 e. The number of esters is 1. The number of carbonyl (C=O) groups is 2. The van der Waals surface area contributed by atoms with Gasteiger partial charge in [0.2, 0.25) is 0 Å². The maximum atomic E-state index is 13.2. The number of nitrogens with zero attached hydrogens (tertiary/aromatic N) is 2. The molecule has 0 bridgehead atoms. The molecule has 0 saturated heterocycles. The van der Waals surface area contributed by atoms with Crippen LogP contribution in [0.15, 0.2) is 18.2 Å². The van der Waals surface area contributed by atoms with Crippen molar-refractivity contribution in [3.63, 3.8) is 0 Å². The number of likely N-dealkylation sites (N-methyl/N-ethyl adjacent to an activating group) is 1. The molecule has 0 spiro atoms. The number of ether oxygens (including phenoxy) is 1. The SMILES string of the molecule is CCN(CC(=O)OC)C(=O)c1cc(F)ccc1[N+](=O)[O-]. The van der Waals surface area contributed by atoms with Gasteiger partial charge >= 0.3 is 5.97 Å². The van der Waals surface area contributed by atoms with E-state index >= 15 is 0 Å². The maximum absolute atomic E-state index is 13.2. The first-order valence-corrected chi connectivity index (χ1v) is 5.70. The number of halogens is 1. The number of carbonyl (C=O) groups excluding carboxylic acids is 2. The van der Waals surface area contributed by atoms with Gasteiger partial charge < -0.3 is 9.64 Å². The highest BCUT2D eigenvalue weighted by atomic mass is 19.1. The van der Waals surface area contributed by atoms with Crippen LogP contribution >= 0.6 is 0 Å². The van der Waals surface area contributed by atoms with Crippen molar-refractivity contribution in [2.75, 3.05) is 20.2 Å². The summed E-state index contributed by atoms with van der Waals surface area (Å²) in [6.07, 6.45) is 0. The van der Waals surface area contributed by atoms with Crippen molar-refractivity contribution in [1.82, 2.24) is 4.90 Å². The van der Waals surface area contributed by atoms with Gasteiger partial charge in [-0.3, -0.25) is 19.7 Å². The second kappa shape index (κ2) is 6.60. The predicted octanol–water partition coefficient (Wildman–Crippen LogP) is 1.37. The fourth-order valence-electron chi connectivity index (χ4n) is 1.56. The molecule has 1 aromatic carbocycles. The molecule has 0 saturated carbocycles. The zero-order valence-corrected chi connectivity index (χ0v) is 11.0. The first-order chi connectivity index (χ1) is 9.40. The van der Waals surface area contributed by atoms with Gasteiger partial charge in [-0.2, -0.15) is 0 Å². The number of nitro groups is 1. The number of nitro benzene ring substituents is 1. The third-order valence-electron chi connectivity index (χ3n) is 2.60. The average Bonchev–Trinajstić information content (AvgIpc) is 2.43. The maximum Gasteiger partial charge on any atom is 0.325 e. The highest BCUT2D eigenvalue weighted by molar-refractivity contribution is 5.99. The van der Waals surface area contributed by atoms with Crippen LogP contribution in [0.4, 0.5) is 10.1 Å². The third-order valence-corrected chi connectivity index (χ3v) is 2.60. The molecule has 108 valence electrons. The van der Waals surface area contributed by atoms with E-state index in [0.29, 0.717) is 0 Å². The average molecular weight is 284 g/mol. The van der Waals surface area contributed by atoms with Crippen LogP contribution in [0.25, 0.3) is 0 Å². The Morgan fingerprint density at radius 3 is 2.60 bits per heavy atom. The standard InChI is InChI=1S/C12H13FN2O5/c1-3-14(7-11(16)20-2)12(17)9-6-8(13)4-5-10(9)15(18)19/h4-6H,3,7H2,1-2H3. The minimum absolute atomic E-state index is 0.127. The Kier molecular flexibility index (Phi) is 5.13. The molecule has 0 aliphatic carbocycles. The van der Waals surface area contributed by atoms with E-state index < -0.39 is 33.9 Å². The molecule has 1 amide bonds. The summed E-state index contributed by atoms with van der Waals surface area (Å²) in [5, 5.41) is 10.8. The van der Waals surface area contributed by atoms with Gasteiger partial charge in [-0.1, -0.05) is 0 Å². The van der Waals surface area contributed by atoms with Crippen molar-refractivity contribution in [1.29, 1.82) is 0 Å². The topological polar surface area (TPSA) is 89.8 Å². The molecule has 0 atom stereocenters. The molecule has 1 aromatic rings. The summed E-state index contributed by atoms with van der Waals surface area (Å²) < 4.78 is 17.6. The Morgan fingerprint density at radius 1 is 1.45 bits per heavy atom. The van der Waals surface area contributed by atoms with Gasteiger partial charge in [0, 0.05) is 12.6 Å². The molecule has 1 rings (SSSR count). The smallest absolute Gasteiger partial charge is 0.325 e. The summed E-state index contributed by atoms with van der Waals surface area (Å²) in [6.45, 7) is 1.35. The number of hydrogen-bond acceptors (Lipinski definition) is 5. The lowest BCUT2D eigenvalue weighted by molar-refractivity contribution is -0.385. The molecule has 0 fully saturated rings. The summed E-state index contributed by atoms with van der Waals surface area (Å²) in [7, 11) is 1.16. The molecule has 0 aliphatic rings. The van der Waals surface area contributed by atoms with Crippen LogP contribution in [0.1, 0.15) is 17.3 Å². The Morgan fingerprint density at radius 2 is 2.10 bits per heavy atom. The van der Waals surface area contributed by atoms with Crippen molar-refractivity contribution in [2.45, 2.75) is 6.92 Å². The van der Waals surface area contributed by atoms with Crippen LogP contribution in [0.3, 0.4) is 0 Å². The third kappa shape index (κ3) is 3.50. The fraction of sp³-hybridized carbons (Fsp3) is 0.333. The molecule has 0 aliphatic heterocycles. The van der Waals surface area contributed by atoms with Crippen LogP contribution < -0.4 is 0 Å². The number of amides is 1. The van der Waals surface area contributed by atoms with Crippen LogP contribution in [0, 0.1) is 15.9 Å². The van der Waals surface area contributed by atoms with Crippen molar-refractivity contribution >= 4 is 17.6 Å². The van der Waals surface area contributed by atoms with Gasteiger partial charge in [0.05, 0.1) is 12.0 Å². The monoisotopic (exact) mass is 284 g/mol. The normalized spacial score (nSPS) is 9.95. The summed E-state index contributed by atoms with van der Waals surface area (Å²) in [5.74, 6) is -2.24. The molecular formula is C12H13FN2O5. The van der Waals surface area contributed by atoms with Gasteiger partial charge in [-0.05, 0) is 19.1 Å². The van der Waals surface area contributed by atoms with E-state index in [0.717, 1.165) is 30.2 Å². The Labute approximate surface area is 114 Å². The quantitative estimate of drug-likeness (QED) is 0.462. The van der Waals surface area contributed by atoms with E-state index in [-0.39, 0.29) is 13.1 Å². The van der Waals surface area contributed by atoms with Crippen molar-refractivity contribution < 1.29 is 23.6 Å². The van der Waals surface area contributed by atoms with Gasteiger partial charge in [0.25, 0.3) is 11.6 Å². The van der Waals surface area contributed by atoms with E-state index in [1.54, 1.807) is 6.92 Å². The number of hydrogen-bond donors (Lipinski definition) is 0. The molecule has 20 heavy (non-hydrogen) atoms. The van der Waals surface area contributed by atoms with Crippen LogP contribution in [0.2, 0.25) is 0 Å². The number of rotatable bonds is 5. The van der Waals surface area contributed by atoms with Crippen LogP contribution in [-0.2, 0) is 9.53 Å². The second-order valence-corrected chi connectivity index (χ2v) is 3.81. The summed E-state index contributed by atoms with van der Waals surface area (Å²) in [6, 6.07) is 2.58. The lowest BCUT2D eigenvalue weighted by Crippen LogP contribution is -2.36. The van der Waals surface area contributed by atoms with E-state index in [1.165, 1.54) is 0 Å². The van der Waals surface area contributed by atoms with E-state index in [4.69, 9.17) is 0 Å². The Bertz CT molecular complexity index is 547. The number of methoxy groups -OCH3 is 1. The minimum atomic E-state index is -0.802. The summed E-state index contributed by atoms with van der Waals surface area (Å²) in [4.78, 5) is 34.4. The van der Waals surface area contributed by atoms with E-state index in [1.807, 2.05) is 0 Å². The van der Waals surface area contributed by atoms with Crippen molar-refractivity contribution in [3.8, 4) is 0 Å². The first-order valence-electron chi connectivity index (χ1n) is 5.70. The van der Waals surface area contributed by atoms with Crippen molar-refractivity contribution in [2.24, 2.45) is 0 Å². The van der Waals surface area contributed by atoms with Gasteiger partial charge in [-0.15, -0.1) is 0 Å². The molecule has 0 aromatic heterocycles. The molecule has 0 radical (unpaired) electrons. The zero-order chi connectivity index (χ0) is 15.3. The zero-order valence-electron chi connectivity index (χ0n) is 11.0. The number of benzene rings is 1. The summed E-state index contributed by atoms with van der Waals surface area (Å²) >= 11 is 0. The first kappa shape index (κ1) is 15.5. The Hall–Kier alpha value is -2.51. The van der Waals surface area contributed by atoms with Crippen LogP contribution in [-0.4, -0.2) is 41.9 Å². The van der Waals surface area contributed by atoms with E-state index in [9.17, 15) is 24.1 Å². The van der Waals surface area contributed by atoms with Gasteiger partial charge in [0.1, 0.15) is 17.9 Å². The molecule has 7 nitrogen and oxygen atoms in total.